The molecule has 0 aromatic heterocycles. The van der Waals surface area contributed by atoms with Crippen molar-refractivity contribution in [3.8, 4) is 0 Å². The van der Waals surface area contributed by atoms with E-state index in [0.29, 0.717) is 17.8 Å². The van der Waals surface area contributed by atoms with Gasteiger partial charge in [-0.3, -0.25) is 9.52 Å². The predicted octanol–water partition coefficient (Wildman–Crippen LogP) is 2.37. The number of carbonyl (C=O) groups excluding carboxylic acids is 1. The summed E-state index contributed by atoms with van der Waals surface area (Å²) in [5.74, 6) is -0.536. The van der Waals surface area contributed by atoms with Crippen molar-refractivity contribution in [2.24, 2.45) is 0 Å². The number of nitrogens with zero attached hydrogens (tertiary/aromatic N) is 1. The lowest BCUT2D eigenvalue weighted by Gasteiger charge is -2.34. The van der Waals surface area contributed by atoms with E-state index in [1.54, 1.807) is 29.2 Å². The molecule has 1 heterocycles. The van der Waals surface area contributed by atoms with E-state index in [-0.39, 0.29) is 22.4 Å². The van der Waals surface area contributed by atoms with Crippen LogP contribution in [0.3, 0.4) is 0 Å². The highest BCUT2D eigenvalue weighted by Gasteiger charge is 2.24. The average molecular weight is 391 g/mol. The van der Waals surface area contributed by atoms with E-state index < -0.39 is 15.8 Å². The molecule has 0 bridgehead atoms. The van der Waals surface area contributed by atoms with Crippen molar-refractivity contribution >= 4 is 21.6 Å². The van der Waals surface area contributed by atoms with E-state index in [9.17, 15) is 17.6 Å². The number of carbonyl (C=O) groups is 1. The van der Waals surface area contributed by atoms with E-state index in [0.717, 1.165) is 19.2 Å². The molecule has 0 radical (unpaired) electrons. The van der Waals surface area contributed by atoms with Crippen LogP contribution < -0.4 is 10.0 Å². The van der Waals surface area contributed by atoms with Gasteiger partial charge in [0.25, 0.3) is 15.9 Å². The first-order valence-electron chi connectivity index (χ1n) is 8.68. The molecule has 1 aliphatic heterocycles. The van der Waals surface area contributed by atoms with Crippen molar-refractivity contribution in [3.63, 3.8) is 0 Å². The summed E-state index contributed by atoms with van der Waals surface area (Å²) < 4.78 is 40.7. The van der Waals surface area contributed by atoms with Gasteiger partial charge in [0, 0.05) is 36.9 Å². The Bertz CT molecular complexity index is 945. The molecule has 1 unspecified atom stereocenters. The normalized spacial score (nSPS) is 17.6. The van der Waals surface area contributed by atoms with Crippen LogP contribution in [-0.2, 0) is 10.0 Å². The van der Waals surface area contributed by atoms with Crippen molar-refractivity contribution in [1.82, 2.24) is 10.2 Å². The number of aryl methyl sites for hydroxylation is 1. The number of piperazine rings is 1. The molecule has 0 aliphatic carbocycles. The van der Waals surface area contributed by atoms with Gasteiger partial charge in [-0.25, -0.2) is 12.8 Å². The topological polar surface area (TPSA) is 78.5 Å². The summed E-state index contributed by atoms with van der Waals surface area (Å²) in [7, 11) is -3.84. The number of halogens is 1. The maximum absolute atomic E-state index is 13.4. The fraction of sp³-hybridized carbons (Fsp3) is 0.316. The van der Waals surface area contributed by atoms with E-state index >= 15 is 0 Å². The molecule has 2 aromatic carbocycles. The van der Waals surface area contributed by atoms with Crippen LogP contribution in [0.25, 0.3) is 0 Å². The standard InChI is InChI=1S/C19H22FN3O3S/c1-13-11-17(7-8-18(13)20)27(25,26)22-16-5-3-15(4-6-16)19(24)23-10-9-21-12-14(23)2/h3-8,11,14,21-22H,9-10,12H2,1-2H3. The Morgan fingerprint density at radius 3 is 2.56 bits per heavy atom. The van der Waals surface area contributed by atoms with Crippen molar-refractivity contribution in [1.29, 1.82) is 0 Å². The fourth-order valence-electron chi connectivity index (χ4n) is 2.99. The lowest BCUT2D eigenvalue weighted by molar-refractivity contribution is 0.0656. The van der Waals surface area contributed by atoms with Gasteiger partial charge >= 0.3 is 0 Å². The first-order chi connectivity index (χ1) is 12.8. The molecule has 0 saturated carbocycles. The number of benzene rings is 2. The molecule has 0 spiro atoms. The molecule has 1 saturated heterocycles. The number of hydrogen-bond donors (Lipinski definition) is 2. The van der Waals surface area contributed by atoms with Gasteiger partial charge in [-0.2, -0.15) is 0 Å². The van der Waals surface area contributed by atoms with Crippen LogP contribution in [-0.4, -0.2) is 44.9 Å². The lowest BCUT2D eigenvalue weighted by Crippen LogP contribution is -2.52. The minimum atomic E-state index is -3.84. The average Bonchev–Trinajstić information content (AvgIpc) is 2.64. The molecule has 2 aromatic rings. The molecule has 3 rings (SSSR count). The highest BCUT2D eigenvalue weighted by molar-refractivity contribution is 7.92. The lowest BCUT2D eigenvalue weighted by atomic mass is 10.1. The van der Waals surface area contributed by atoms with Gasteiger partial charge in [0.1, 0.15) is 5.82 Å². The van der Waals surface area contributed by atoms with Gasteiger partial charge in [-0.05, 0) is 61.9 Å². The molecule has 2 N–H and O–H groups in total. The van der Waals surface area contributed by atoms with Gasteiger partial charge in [0.05, 0.1) is 4.90 Å². The van der Waals surface area contributed by atoms with E-state index in [1.165, 1.54) is 19.1 Å². The predicted molar refractivity (Wildman–Crippen MR) is 102 cm³/mol. The zero-order chi connectivity index (χ0) is 19.6. The molecule has 6 nitrogen and oxygen atoms in total. The smallest absolute Gasteiger partial charge is 0.261 e. The number of sulfonamides is 1. The summed E-state index contributed by atoms with van der Waals surface area (Å²) in [4.78, 5) is 14.4. The second kappa shape index (κ2) is 7.66. The van der Waals surface area contributed by atoms with Crippen LogP contribution in [0.5, 0.6) is 0 Å². The Balaban J connectivity index is 1.75. The van der Waals surface area contributed by atoms with Crippen LogP contribution in [0, 0.1) is 12.7 Å². The Kier molecular flexibility index (Phi) is 5.48. The second-order valence-electron chi connectivity index (χ2n) is 6.65. The molecular formula is C19H22FN3O3S. The highest BCUT2D eigenvalue weighted by atomic mass is 32.2. The zero-order valence-electron chi connectivity index (χ0n) is 15.2. The number of hydrogen-bond acceptors (Lipinski definition) is 4. The maximum atomic E-state index is 13.4. The minimum absolute atomic E-state index is 0.0174. The molecule has 1 fully saturated rings. The van der Waals surface area contributed by atoms with Crippen LogP contribution in [0.4, 0.5) is 10.1 Å². The van der Waals surface area contributed by atoms with Crippen molar-refractivity contribution < 1.29 is 17.6 Å². The minimum Gasteiger partial charge on any atom is -0.333 e. The second-order valence-corrected chi connectivity index (χ2v) is 8.33. The van der Waals surface area contributed by atoms with Crippen LogP contribution in [0.1, 0.15) is 22.8 Å². The summed E-state index contributed by atoms with van der Waals surface area (Å²) >= 11 is 0. The van der Waals surface area contributed by atoms with Gasteiger partial charge < -0.3 is 10.2 Å². The third-order valence-corrected chi connectivity index (χ3v) is 5.96. The number of nitrogens with one attached hydrogen (secondary N) is 2. The fourth-order valence-corrected chi connectivity index (χ4v) is 4.13. The van der Waals surface area contributed by atoms with E-state index in [2.05, 4.69) is 10.0 Å². The Morgan fingerprint density at radius 1 is 1.22 bits per heavy atom. The van der Waals surface area contributed by atoms with Gasteiger partial charge in [0.15, 0.2) is 0 Å². The molecule has 8 heteroatoms. The summed E-state index contributed by atoms with van der Waals surface area (Å²) in [6.07, 6.45) is 0. The summed E-state index contributed by atoms with van der Waals surface area (Å²) in [6, 6.07) is 10.0. The zero-order valence-corrected chi connectivity index (χ0v) is 16.0. The van der Waals surface area contributed by atoms with Gasteiger partial charge in [-0.15, -0.1) is 0 Å². The molecule has 144 valence electrons. The molecule has 27 heavy (non-hydrogen) atoms. The first kappa shape index (κ1) is 19.3. The molecular weight excluding hydrogens is 369 g/mol. The molecule has 1 amide bonds. The SMILES string of the molecule is Cc1cc(S(=O)(=O)Nc2ccc(C(=O)N3CCNCC3C)cc2)ccc1F. The Hall–Kier alpha value is -2.45. The summed E-state index contributed by atoms with van der Waals surface area (Å²) in [5.41, 5.74) is 1.09. The van der Waals surface area contributed by atoms with Crippen LogP contribution >= 0.6 is 0 Å². The van der Waals surface area contributed by atoms with E-state index in [4.69, 9.17) is 0 Å². The van der Waals surface area contributed by atoms with Gasteiger partial charge in [-0.1, -0.05) is 0 Å². The number of anilines is 1. The number of amides is 1. The molecule has 1 atom stereocenters. The van der Waals surface area contributed by atoms with E-state index in [1.807, 2.05) is 6.92 Å². The largest absolute Gasteiger partial charge is 0.333 e. The summed E-state index contributed by atoms with van der Waals surface area (Å²) in [6.45, 7) is 5.63. The Morgan fingerprint density at radius 2 is 1.93 bits per heavy atom. The maximum Gasteiger partial charge on any atom is 0.261 e. The molecule has 1 aliphatic rings. The Labute approximate surface area is 158 Å². The van der Waals surface area contributed by atoms with Crippen molar-refractivity contribution in [2.75, 3.05) is 24.4 Å². The number of rotatable bonds is 4. The highest BCUT2D eigenvalue weighted by Crippen LogP contribution is 2.20. The first-order valence-corrected chi connectivity index (χ1v) is 10.2. The van der Waals surface area contributed by atoms with Crippen molar-refractivity contribution in [3.05, 3.63) is 59.4 Å². The van der Waals surface area contributed by atoms with Crippen molar-refractivity contribution in [2.45, 2.75) is 24.8 Å². The third-order valence-electron chi connectivity index (χ3n) is 4.59. The van der Waals surface area contributed by atoms with Gasteiger partial charge in [0.2, 0.25) is 0 Å². The summed E-state index contributed by atoms with van der Waals surface area (Å²) in [5, 5.41) is 3.23. The quantitative estimate of drug-likeness (QED) is 0.839. The van der Waals surface area contributed by atoms with Crippen LogP contribution in [0.15, 0.2) is 47.4 Å². The monoisotopic (exact) mass is 391 g/mol. The third kappa shape index (κ3) is 4.28. The van der Waals surface area contributed by atoms with Crippen LogP contribution in [0.2, 0.25) is 0 Å².